The lowest BCUT2D eigenvalue weighted by molar-refractivity contribution is -0.123. The molecule has 0 spiro atoms. The number of ether oxygens (including phenoxy) is 1. The predicted molar refractivity (Wildman–Crippen MR) is 68.7 cm³/mol. The van der Waals surface area contributed by atoms with Crippen molar-refractivity contribution < 1.29 is 19.0 Å². The van der Waals surface area contributed by atoms with Crippen molar-refractivity contribution in [3.8, 4) is 0 Å². The van der Waals surface area contributed by atoms with Crippen LogP contribution in [0.4, 0.5) is 4.39 Å². The molecule has 0 saturated heterocycles. The molecule has 1 aromatic carbocycles. The van der Waals surface area contributed by atoms with E-state index in [4.69, 9.17) is 9.84 Å². The van der Waals surface area contributed by atoms with Crippen molar-refractivity contribution in [2.75, 3.05) is 13.2 Å². The molecule has 1 N–H and O–H groups in total. The van der Waals surface area contributed by atoms with E-state index in [9.17, 15) is 9.18 Å². The van der Waals surface area contributed by atoms with Gasteiger partial charge in [-0.1, -0.05) is 6.08 Å². The number of aliphatic imine (C=N–C) groups is 1. The van der Waals surface area contributed by atoms with Crippen molar-refractivity contribution in [1.29, 1.82) is 0 Å². The summed E-state index contributed by atoms with van der Waals surface area (Å²) in [5, 5.41) is 8.77. The van der Waals surface area contributed by atoms with E-state index >= 15 is 0 Å². The second-order valence-electron chi connectivity index (χ2n) is 4.18. The van der Waals surface area contributed by atoms with Crippen LogP contribution in [0.25, 0.3) is 0 Å². The van der Waals surface area contributed by atoms with Crippen LogP contribution < -0.4 is 0 Å². The van der Waals surface area contributed by atoms with Crippen LogP contribution >= 0.6 is 0 Å². The van der Waals surface area contributed by atoms with Crippen molar-refractivity contribution in [3.05, 3.63) is 47.8 Å². The molecule has 0 unspecified atom stereocenters. The Kier molecular flexibility index (Phi) is 4.06. The number of allylic oxidation sites excluding steroid dienone is 1. The van der Waals surface area contributed by atoms with Crippen molar-refractivity contribution >= 4 is 11.7 Å². The maximum atomic E-state index is 13.5. The van der Waals surface area contributed by atoms with Gasteiger partial charge in [0.1, 0.15) is 25.1 Å². The quantitative estimate of drug-likeness (QED) is 0.814. The molecule has 0 fully saturated rings. The predicted octanol–water partition coefficient (Wildman–Crippen LogP) is 1.26. The fraction of sp³-hybridized carbons (Fsp3) is 0.286. The Labute approximate surface area is 110 Å². The molecule has 100 valence electrons. The first-order chi connectivity index (χ1) is 9.15. The average Bonchev–Trinajstić information content (AvgIpc) is 2.90. The third-order valence-corrected chi connectivity index (χ3v) is 2.84. The molecular weight excluding hydrogens is 249 g/mol. The first-order valence-corrected chi connectivity index (χ1v) is 5.89. The summed E-state index contributed by atoms with van der Waals surface area (Å²) in [5.74, 6) is -0.397. The Morgan fingerprint density at radius 1 is 1.63 bits per heavy atom. The van der Waals surface area contributed by atoms with Gasteiger partial charge in [-0.25, -0.2) is 9.38 Å². The smallest absolute Gasteiger partial charge is 0.217 e. The Morgan fingerprint density at radius 2 is 2.42 bits per heavy atom. The highest BCUT2D eigenvalue weighted by Crippen LogP contribution is 2.17. The number of hydrogen-bond acceptors (Lipinski definition) is 4. The van der Waals surface area contributed by atoms with E-state index in [0.717, 1.165) is 0 Å². The maximum absolute atomic E-state index is 13.5. The number of aliphatic hydroxyl groups is 1. The number of Topliss-reactive ketones (excluding diaryl/α,β-unsaturated/α-hetero) is 1. The number of rotatable bonds is 5. The lowest BCUT2D eigenvalue weighted by Gasteiger charge is -2.04. The Morgan fingerprint density at radius 3 is 3.11 bits per heavy atom. The standard InChI is InChI=1S/C14H14FNO3/c1-2-3-9-6-10(4-5-11(9)15)14-16-12(8-19-14)13(18)7-17/h2,4-6,12,17H,1,3,7-8H2/t12-/m1/s1. The third-order valence-electron chi connectivity index (χ3n) is 2.84. The van der Waals surface area contributed by atoms with E-state index < -0.39 is 12.6 Å². The summed E-state index contributed by atoms with van der Waals surface area (Å²) in [6.07, 6.45) is 2.02. The molecular formula is C14H14FNO3. The van der Waals surface area contributed by atoms with Crippen LogP contribution in [0.2, 0.25) is 0 Å². The van der Waals surface area contributed by atoms with Gasteiger partial charge in [-0.3, -0.25) is 4.79 Å². The van der Waals surface area contributed by atoms with Gasteiger partial charge >= 0.3 is 0 Å². The van der Waals surface area contributed by atoms with Gasteiger partial charge in [0.05, 0.1) is 0 Å². The van der Waals surface area contributed by atoms with Crippen LogP contribution in [0.1, 0.15) is 11.1 Å². The molecule has 0 amide bonds. The van der Waals surface area contributed by atoms with E-state index in [1.807, 2.05) is 0 Å². The van der Waals surface area contributed by atoms with Gasteiger partial charge in [0.25, 0.3) is 0 Å². The molecule has 5 heteroatoms. The third kappa shape index (κ3) is 2.88. The van der Waals surface area contributed by atoms with Crippen LogP contribution in [0.15, 0.2) is 35.8 Å². The summed E-state index contributed by atoms with van der Waals surface area (Å²) < 4.78 is 18.8. The van der Waals surface area contributed by atoms with Crippen molar-refractivity contribution in [2.24, 2.45) is 4.99 Å². The van der Waals surface area contributed by atoms with Gasteiger partial charge in [-0.05, 0) is 30.2 Å². The Balaban J connectivity index is 2.25. The van der Waals surface area contributed by atoms with Crippen molar-refractivity contribution in [3.63, 3.8) is 0 Å². The average molecular weight is 263 g/mol. The highest BCUT2D eigenvalue weighted by atomic mass is 19.1. The fourth-order valence-corrected chi connectivity index (χ4v) is 1.82. The second-order valence-corrected chi connectivity index (χ2v) is 4.18. The molecule has 1 heterocycles. The zero-order chi connectivity index (χ0) is 13.8. The summed E-state index contributed by atoms with van der Waals surface area (Å²) in [6, 6.07) is 3.84. The zero-order valence-corrected chi connectivity index (χ0v) is 10.3. The molecule has 1 aliphatic heterocycles. The number of ketones is 1. The summed E-state index contributed by atoms with van der Waals surface area (Å²) in [6.45, 7) is 3.12. The van der Waals surface area contributed by atoms with E-state index in [2.05, 4.69) is 11.6 Å². The minimum Gasteiger partial charge on any atom is -0.475 e. The molecule has 0 bridgehead atoms. The number of carbonyl (C=O) groups is 1. The maximum Gasteiger partial charge on any atom is 0.217 e. The second kappa shape index (κ2) is 5.75. The first kappa shape index (κ1) is 13.4. The van der Waals surface area contributed by atoms with Crippen molar-refractivity contribution in [1.82, 2.24) is 0 Å². The first-order valence-electron chi connectivity index (χ1n) is 5.89. The lowest BCUT2D eigenvalue weighted by Crippen LogP contribution is -2.22. The van der Waals surface area contributed by atoms with Crippen LogP contribution in [-0.2, 0) is 16.0 Å². The molecule has 4 nitrogen and oxygen atoms in total. The molecule has 19 heavy (non-hydrogen) atoms. The monoisotopic (exact) mass is 263 g/mol. The number of nitrogens with zero attached hydrogens (tertiary/aromatic N) is 1. The molecule has 2 rings (SSSR count). The van der Waals surface area contributed by atoms with E-state index in [1.165, 1.54) is 6.07 Å². The summed E-state index contributed by atoms with van der Waals surface area (Å²) in [5.41, 5.74) is 1.11. The normalized spacial score (nSPS) is 17.8. The molecule has 0 radical (unpaired) electrons. The lowest BCUT2D eigenvalue weighted by atomic mass is 10.1. The molecule has 1 aliphatic rings. The van der Waals surface area contributed by atoms with E-state index in [1.54, 1.807) is 18.2 Å². The van der Waals surface area contributed by atoms with Crippen LogP contribution in [0, 0.1) is 5.82 Å². The minimum absolute atomic E-state index is 0.114. The Hall–Kier alpha value is -2.01. The van der Waals surface area contributed by atoms with Gasteiger partial charge < -0.3 is 9.84 Å². The fourth-order valence-electron chi connectivity index (χ4n) is 1.82. The summed E-state index contributed by atoms with van der Waals surface area (Å²) in [7, 11) is 0. The summed E-state index contributed by atoms with van der Waals surface area (Å²) >= 11 is 0. The molecule has 1 aromatic rings. The van der Waals surface area contributed by atoms with Gasteiger partial charge in [-0.2, -0.15) is 0 Å². The van der Waals surface area contributed by atoms with Crippen LogP contribution in [0.3, 0.4) is 0 Å². The number of halogens is 1. The van der Waals surface area contributed by atoms with Gasteiger partial charge in [0, 0.05) is 5.56 Å². The molecule has 0 aromatic heterocycles. The largest absolute Gasteiger partial charge is 0.475 e. The van der Waals surface area contributed by atoms with Crippen molar-refractivity contribution in [2.45, 2.75) is 12.5 Å². The summed E-state index contributed by atoms with van der Waals surface area (Å²) in [4.78, 5) is 15.4. The number of benzene rings is 1. The van der Waals surface area contributed by atoms with Crippen LogP contribution in [0.5, 0.6) is 0 Å². The highest BCUT2D eigenvalue weighted by Gasteiger charge is 2.26. The molecule has 1 atom stereocenters. The zero-order valence-electron chi connectivity index (χ0n) is 10.3. The van der Waals surface area contributed by atoms with E-state index in [0.29, 0.717) is 23.4 Å². The topological polar surface area (TPSA) is 58.9 Å². The number of carbonyl (C=O) groups excluding carboxylic acids is 1. The number of aliphatic hydroxyl groups excluding tert-OH is 1. The molecule has 0 aliphatic carbocycles. The van der Waals surface area contributed by atoms with Gasteiger partial charge in [0.2, 0.25) is 5.90 Å². The highest BCUT2D eigenvalue weighted by molar-refractivity contribution is 5.99. The molecule has 0 saturated carbocycles. The minimum atomic E-state index is -0.673. The van der Waals surface area contributed by atoms with E-state index in [-0.39, 0.29) is 18.2 Å². The van der Waals surface area contributed by atoms with Crippen LogP contribution in [-0.4, -0.2) is 36.0 Å². The van der Waals surface area contributed by atoms with Gasteiger partial charge in [0.15, 0.2) is 5.78 Å². The van der Waals surface area contributed by atoms with Gasteiger partial charge in [-0.15, -0.1) is 6.58 Å². The number of hydrogen-bond donors (Lipinski definition) is 1. The Bertz CT molecular complexity index is 539. The SMILES string of the molecule is C=CCc1cc(C2=N[C@@H](C(=O)CO)CO2)ccc1F.